The normalized spacial score (nSPS) is 10.9. The predicted molar refractivity (Wildman–Crippen MR) is 104 cm³/mol. The van der Waals surface area contributed by atoms with Gasteiger partial charge in [0.15, 0.2) is 0 Å². The van der Waals surface area contributed by atoms with Crippen LogP contribution in [0.25, 0.3) is 5.69 Å². The van der Waals surface area contributed by atoms with Crippen molar-refractivity contribution in [1.82, 2.24) is 20.2 Å². The molecule has 0 unspecified atom stereocenters. The van der Waals surface area contributed by atoms with Crippen molar-refractivity contribution in [1.29, 1.82) is 0 Å². The van der Waals surface area contributed by atoms with Gasteiger partial charge in [0.2, 0.25) is 11.1 Å². The number of hydrogen-bond donors (Lipinski definition) is 0. The molecule has 0 radical (unpaired) electrons. The van der Waals surface area contributed by atoms with Gasteiger partial charge in [-0.3, -0.25) is 4.79 Å². The van der Waals surface area contributed by atoms with Crippen LogP contribution in [0.15, 0.2) is 59.8 Å². The van der Waals surface area contributed by atoms with Gasteiger partial charge in [0.25, 0.3) is 0 Å². The molecule has 0 bridgehead atoms. The molecule has 6 nitrogen and oxygen atoms in total. The standard InChI is InChI=1S/C18H18ClN5OS/c1-13(2)23(15-6-4-3-5-7-15)17(25)12-26-18-20-21-22-24(18)16-10-8-14(19)9-11-16/h3-11,13H,12H2,1-2H3. The van der Waals surface area contributed by atoms with Gasteiger partial charge in [-0.05, 0) is 60.7 Å². The van der Waals surface area contributed by atoms with Gasteiger partial charge in [-0.25, -0.2) is 0 Å². The highest BCUT2D eigenvalue weighted by atomic mass is 35.5. The number of tetrazole rings is 1. The summed E-state index contributed by atoms with van der Waals surface area (Å²) in [6, 6.07) is 16.9. The molecule has 2 aromatic carbocycles. The van der Waals surface area contributed by atoms with E-state index in [2.05, 4.69) is 15.5 Å². The number of para-hydroxylation sites is 1. The topological polar surface area (TPSA) is 63.9 Å². The highest BCUT2D eigenvalue weighted by Gasteiger charge is 2.20. The fraction of sp³-hybridized carbons (Fsp3) is 0.222. The second-order valence-electron chi connectivity index (χ2n) is 5.83. The maximum absolute atomic E-state index is 12.8. The molecule has 0 aliphatic rings. The summed E-state index contributed by atoms with van der Waals surface area (Å²) in [7, 11) is 0. The number of amides is 1. The number of rotatable bonds is 6. The van der Waals surface area contributed by atoms with Crippen LogP contribution >= 0.6 is 23.4 Å². The maximum atomic E-state index is 12.8. The first-order valence-corrected chi connectivity index (χ1v) is 9.47. The number of carbonyl (C=O) groups is 1. The summed E-state index contributed by atoms with van der Waals surface area (Å²) in [6.07, 6.45) is 0. The van der Waals surface area contributed by atoms with E-state index in [-0.39, 0.29) is 17.7 Å². The fourth-order valence-electron chi connectivity index (χ4n) is 2.53. The van der Waals surface area contributed by atoms with Crippen LogP contribution in [0, 0.1) is 0 Å². The third-order valence-electron chi connectivity index (χ3n) is 3.66. The number of carbonyl (C=O) groups excluding carboxylic acids is 1. The van der Waals surface area contributed by atoms with Crippen LogP contribution in [0.5, 0.6) is 0 Å². The van der Waals surface area contributed by atoms with Gasteiger partial charge < -0.3 is 4.90 Å². The van der Waals surface area contributed by atoms with Gasteiger partial charge >= 0.3 is 0 Å². The Kier molecular flexibility index (Phi) is 5.90. The molecule has 1 heterocycles. The zero-order chi connectivity index (χ0) is 18.5. The molecule has 0 N–H and O–H groups in total. The first-order chi connectivity index (χ1) is 12.6. The average Bonchev–Trinajstić information content (AvgIpc) is 3.10. The third kappa shape index (κ3) is 4.23. The van der Waals surface area contributed by atoms with E-state index in [0.717, 1.165) is 11.4 Å². The van der Waals surface area contributed by atoms with Crippen LogP contribution in [0.2, 0.25) is 5.02 Å². The van der Waals surface area contributed by atoms with E-state index in [9.17, 15) is 4.79 Å². The number of nitrogens with zero attached hydrogens (tertiary/aromatic N) is 5. The second-order valence-corrected chi connectivity index (χ2v) is 7.21. The van der Waals surface area contributed by atoms with Crippen molar-refractivity contribution >= 4 is 35.0 Å². The van der Waals surface area contributed by atoms with Gasteiger partial charge in [-0.2, -0.15) is 4.68 Å². The van der Waals surface area contributed by atoms with Gasteiger partial charge in [0.05, 0.1) is 11.4 Å². The highest BCUT2D eigenvalue weighted by Crippen LogP contribution is 2.22. The Morgan fingerprint density at radius 1 is 1.15 bits per heavy atom. The zero-order valence-electron chi connectivity index (χ0n) is 14.4. The Hall–Kier alpha value is -2.38. The van der Waals surface area contributed by atoms with E-state index in [1.165, 1.54) is 11.8 Å². The van der Waals surface area contributed by atoms with Crippen LogP contribution in [0.1, 0.15) is 13.8 Å². The Balaban J connectivity index is 1.74. The Morgan fingerprint density at radius 2 is 1.85 bits per heavy atom. The summed E-state index contributed by atoms with van der Waals surface area (Å²) in [5.74, 6) is 0.239. The molecule has 134 valence electrons. The van der Waals surface area contributed by atoms with E-state index in [0.29, 0.717) is 10.2 Å². The lowest BCUT2D eigenvalue weighted by molar-refractivity contribution is -0.116. The molecule has 8 heteroatoms. The molecule has 0 fully saturated rings. The van der Waals surface area contributed by atoms with Crippen molar-refractivity contribution in [2.24, 2.45) is 0 Å². The van der Waals surface area contributed by atoms with E-state index in [4.69, 9.17) is 11.6 Å². The smallest absolute Gasteiger partial charge is 0.237 e. The summed E-state index contributed by atoms with van der Waals surface area (Å²) in [5, 5.41) is 12.9. The van der Waals surface area contributed by atoms with Gasteiger partial charge in [-0.15, -0.1) is 5.10 Å². The molecule has 0 aliphatic carbocycles. The van der Waals surface area contributed by atoms with Crippen LogP contribution in [-0.2, 0) is 4.79 Å². The SMILES string of the molecule is CC(C)N(C(=O)CSc1nnnn1-c1ccc(Cl)cc1)c1ccccc1. The summed E-state index contributed by atoms with van der Waals surface area (Å²) in [5.41, 5.74) is 1.67. The lowest BCUT2D eigenvalue weighted by atomic mass is 10.2. The minimum absolute atomic E-state index is 0.00172. The quantitative estimate of drug-likeness (QED) is 0.601. The summed E-state index contributed by atoms with van der Waals surface area (Å²) < 4.78 is 1.59. The van der Waals surface area contributed by atoms with Gasteiger partial charge in [0, 0.05) is 16.8 Å². The third-order valence-corrected chi connectivity index (χ3v) is 4.81. The van der Waals surface area contributed by atoms with Crippen molar-refractivity contribution in [3.63, 3.8) is 0 Å². The number of aromatic nitrogens is 4. The minimum Gasteiger partial charge on any atom is -0.309 e. The van der Waals surface area contributed by atoms with Crippen molar-refractivity contribution in [3.8, 4) is 5.69 Å². The first kappa shape index (κ1) is 18.4. The molecule has 3 aromatic rings. The predicted octanol–water partition coefficient (Wildman–Crippen LogP) is 3.85. The van der Waals surface area contributed by atoms with E-state index in [1.54, 1.807) is 21.7 Å². The lowest BCUT2D eigenvalue weighted by Gasteiger charge is -2.26. The van der Waals surface area contributed by atoms with Crippen molar-refractivity contribution in [3.05, 3.63) is 59.6 Å². The molecular weight excluding hydrogens is 370 g/mol. The number of halogens is 1. The number of anilines is 1. The molecule has 26 heavy (non-hydrogen) atoms. The van der Waals surface area contributed by atoms with E-state index >= 15 is 0 Å². The van der Waals surface area contributed by atoms with E-state index < -0.39 is 0 Å². The molecular formula is C18H18ClN5OS. The first-order valence-electron chi connectivity index (χ1n) is 8.10. The number of benzene rings is 2. The van der Waals surface area contributed by atoms with Gasteiger partial charge in [0.1, 0.15) is 0 Å². The van der Waals surface area contributed by atoms with Crippen LogP contribution < -0.4 is 4.90 Å². The second kappa shape index (κ2) is 8.33. The summed E-state index contributed by atoms with van der Waals surface area (Å²) in [6.45, 7) is 3.99. The molecule has 0 saturated heterocycles. The van der Waals surface area contributed by atoms with Gasteiger partial charge in [-0.1, -0.05) is 41.6 Å². The molecule has 3 rings (SSSR count). The Labute approximate surface area is 161 Å². The largest absolute Gasteiger partial charge is 0.309 e. The molecule has 1 amide bonds. The van der Waals surface area contributed by atoms with Crippen LogP contribution in [0.3, 0.4) is 0 Å². The van der Waals surface area contributed by atoms with Crippen molar-refractivity contribution in [2.75, 3.05) is 10.7 Å². The fourth-order valence-corrected chi connectivity index (χ4v) is 3.40. The summed E-state index contributed by atoms with van der Waals surface area (Å²) >= 11 is 7.23. The maximum Gasteiger partial charge on any atom is 0.237 e. The zero-order valence-corrected chi connectivity index (χ0v) is 16.0. The monoisotopic (exact) mass is 387 g/mol. The summed E-state index contributed by atoms with van der Waals surface area (Å²) in [4.78, 5) is 14.6. The molecule has 1 aromatic heterocycles. The molecule has 0 aliphatic heterocycles. The molecule has 0 saturated carbocycles. The Morgan fingerprint density at radius 3 is 2.50 bits per heavy atom. The minimum atomic E-state index is 0.00172. The lowest BCUT2D eigenvalue weighted by Crippen LogP contribution is -2.38. The van der Waals surface area contributed by atoms with E-state index in [1.807, 2.05) is 56.3 Å². The average molecular weight is 388 g/mol. The Bertz CT molecular complexity index is 867. The van der Waals surface area contributed by atoms with Crippen LogP contribution in [-0.4, -0.2) is 37.9 Å². The molecule has 0 spiro atoms. The van der Waals surface area contributed by atoms with Crippen molar-refractivity contribution < 1.29 is 4.79 Å². The number of thioether (sulfide) groups is 1. The highest BCUT2D eigenvalue weighted by molar-refractivity contribution is 7.99. The molecule has 0 atom stereocenters. The number of hydrogen-bond acceptors (Lipinski definition) is 5. The van der Waals surface area contributed by atoms with Crippen molar-refractivity contribution in [2.45, 2.75) is 25.0 Å². The van der Waals surface area contributed by atoms with Crippen LogP contribution in [0.4, 0.5) is 5.69 Å².